The van der Waals surface area contributed by atoms with Crippen molar-refractivity contribution in [2.24, 2.45) is 5.10 Å². The zero-order valence-corrected chi connectivity index (χ0v) is 17.7. The number of hydrogen-bond acceptors (Lipinski definition) is 3. The van der Waals surface area contributed by atoms with Crippen LogP contribution in [0.3, 0.4) is 0 Å². The smallest absolute Gasteiger partial charge is 0.244 e. The van der Waals surface area contributed by atoms with Crippen LogP contribution in [0.1, 0.15) is 22.3 Å². The van der Waals surface area contributed by atoms with Gasteiger partial charge < -0.3 is 4.74 Å². The first kappa shape index (κ1) is 21.8. The van der Waals surface area contributed by atoms with Gasteiger partial charge in [-0.1, -0.05) is 65.2 Å². The second-order valence-corrected chi connectivity index (χ2v) is 7.50. The van der Waals surface area contributed by atoms with Crippen molar-refractivity contribution in [3.63, 3.8) is 0 Å². The molecule has 30 heavy (non-hydrogen) atoms. The van der Waals surface area contributed by atoms with Gasteiger partial charge >= 0.3 is 0 Å². The molecule has 1 N–H and O–H groups in total. The number of rotatable bonds is 7. The maximum absolute atomic E-state index is 12.9. The van der Waals surface area contributed by atoms with Crippen LogP contribution in [0.4, 0.5) is 4.39 Å². The molecule has 0 unspecified atom stereocenters. The minimum Gasteiger partial charge on any atom is -0.486 e. The van der Waals surface area contributed by atoms with E-state index in [0.717, 1.165) is 11.1 Å². The lowest BCUT2D eigenvalue weighted by Crippen LogP contribution is -2.19. The quantitative estimate of drug-likeness (QED) is 0.374. The number of carbonyl (C=O) groups is 1. The maximum atomic E-state index is 12.9. The van der Waals surface area contributed by atoms with Crippen LogP contribution in [0.5, 0.6) is 5.75 Å². The van der Waals surface area contributed by atoms with Crippen molar-refractivity contribution < 1.29 is 13.9 Å². The van der Waals surface area contributed by atoms with Crippen LogP contribution in [-0.4, -0.2) is 12.1 Å². The normalized spacial score (nSPS) is 10.9. The summed E-state index contributed by atoms with van der Waals surface area (Å²) < 4.78 is 18.7. The molecule has 3 aromatic carbocycles. The second kappa shape index (κ2) is 10.2. The van der Waals surface area contributed by atoms with E-state index in [0.29, 0.717) is 33.5 Å². The van der Waals surface area contributed by atoms with E-state index in [1.54, 1.807) is 24.3 Å². The average Bonchev–Trinajstić information content (AvgIpc) is 2.69. The predicted molar refractivity (Wildman–Crippen MR) is 118 cm³/mol. The fraction of sp³-hybridized carbons (Fsp3) is 0.130. The molecular formula is C23H19Cl2FN2O2. The molecule has 0 aliphatic heterocycles. The maximum Gasteiger partial charge on any atom is 0.244 e. The molecule has 0 fully saturated rings. The van der Waals surface area contributed by atoms with E-state index < -0.39 is 0 Å². The first-order chi connectivity index (χ1) is 14.4. The molecule has 0 heterocycles. The SMILES string of the molecule is Cc1cccc(COc2c(Cl)cc(/C=N/NC(=O)Cc3ccc(F)cc3)cc2Cl)c1. The molecule has 0 saturated heterocycles. The lowest BCUT2D eigenvalue weighted by atomic mass is 10.1. The number of benzene rings is 3. The van der Waals surface area contributed by atoms with E-state index in [9.17, 15) is 9.18 Å². The highest BCUT2D eigenvalue weighted by atomic mass is 35.5. The Morgan fingerprint density at radius 3 is 2.43 bits per heavy atom. The molecule has 3 aromatic rings. The van der Waals surface area contributed by atoms with E-state index in [1.165, 1.54) is 18.3 Å². The summed E-state index contributed by atoms with van der Waals surface area (Å²) in [4.78, 5) is 11.9. The van der Waals surface area contributed by atoms with Gasteiger partial charge in [0.2, 0.25) is 5.91 Å². The van der Waals surface area contributed by atoms with E-state index in [2.05, 4.69) is 10.5 Å². The molecule has 3 rings (SSSR count). The molecule has 0 radical (unpaired) electrons. The average molecular weight is 445 g/mol. The first-order valence-electron chi connectivity index (χ1n) is 9.14. The van der Waals surface area contributed by atoms with Gasteiger partial charge in [-0.25, -0.2) is 9.82 Å². The summed E-state index contributed by atoms with van der Waals surface area (Å²) in [5, 5.41) is 4.60. The molecule has 154 valence electrons. The van der Waals surface area contributed by atoms with E-state index in [-0.39, 0.29) is 18.1 Å². The molecule has 0 aliphatic rings. The largest absolute Gasteiger partial charge is 0.486 e. The number of nitrogens with one attached hydrogen (secondary N) is 1. The minimum atomic E-state index is -0.350. The van der Waals surface area contributed by atoms with Crippen molar-refractivity contribution in [1.29, 1.82) is 0 Å². The fourth-order valence-electron chi connectivity index (χ4n) is 2.76. The van der Waals surface area contributed by atoms with Gasteiger partial charge in [0.1, 0.15) is 12.4 Å². The summed E-state index contributed by atoms with van der Waals surface area (Å²) in [6, 6.07) is 17.0. The zero-order valence-electron chi connectivity index (χ0n) is 16.2. The third-order valence-corrected chi connectivity index (χ3v) is 4.73. The van der Waals surface area contributed by atoms with Gasteiger partial charge in [-0.05, 0) is 47.9 Å². The summed E-state index contributed by atoms with van der Waals surface area (Å²) >= 11 is 12.6. The molecule has 0 saturated carbocycles. The molecule has 0 atom stereocenters. The molecule has 1 amide bonds. The van der Waals surface area contributed by atoms with E-state index in [4.69, 9.17) is 27.9 Å². The molecule has 7 heteroatoms. The van der Waals surface area contributed by atoms with Gasteiger partial charge in [0.05, 0.1) is 22.7 Å². The van der Waals surface area contributed by atoms with Crippen LogP contribution in [-0.2, 0) is 17.8 Å². The summed E-state index contributed by atoms with van der Waals surface area (Å²) in [6.45, 7) is 2.35. The van der Waals surface area contributed by atoms with Crippen LogP contribution in [0.15, 0.2) is 65.8 Å². The highest BCUT2D eigenvalue weighted by molar-refractivity contribution is 6.37. The molecule has 0 bridgehead atoms. The van der Waals surface area contributed by atoms with Gasteiger partial charge in [-0.3, -0.25) is 4.79 Å². The number of aryl methyl sites for hydroxylation is 1. The van der Waals surface area contributed by atoms with Crippen molar-refractivity contribution in [2.45, 2.75) is 20.0 Å². The Labute approximate surface area is 184 Å². The number of hydrazone groups is 1. The number of amides is 1. The topological polar surface area (TPSA) is 50.7 Å². The third-order valence-electron chi connectivity index (χ3n) is 4.17. The third kappa shape index (κ3) is 6.31. The van der Waals surface area contributed by atoms with Gasteiger partial charge in [-0.2, -0.15) is 5.10 Å². The van der Waals surface area contributed by atoms with Crippen LogP contribution in [0.2, 0.25) is 10.0 Å². The molecular weight excluding hydrogens is 426 g/mol. The highest BCUT2D eigenvalue weighted by Gasteiger charge is 2.10. The van der Waals surface area contributed by atoms with Crippen molar-refractivity contribution in [1.82, 2.24) is 5.43 Å². The second-order valence-electron chi connectivity index (χ2n) is 6.69. The van der Waals surface area contributed by atoms with Crippen LogP contribution < -0.4 is 10.2 Å². The summed E-state index contributed by atoms with van der Waals surface area (Å²) in [5.74, 6) is -0.289. The fourth-order valence-corrected chi connectivity index (χ4v) is 3.37. The van der Waals surface area contributed by atoms with Crippen molar-refractivity contribution in [3.8, 4) is 5.75 Å². The van der Waals surface area contributed by atoms with Crippen LogP contribution >= 0.6 is 23.2 Å². The molecule has 0 aliphatic carbocycles. The monoisotopic (exact) mass is 444 g/mol. The van der Waals surface area contributed by atoms with Crippen molar-refractivity contribution >= 4 is 35.3 Å². The van der Waals surface area contributed by atoms with Gasteiger partial charge in [0.25, 0.3) is 0 Å². The molecule has 4 nitrogen and oxygen atoms in total. The first-order valence-corrected chi connectivity index (χ1v) is 9.90. The summed E-state index contributed by atoms with van der Waals surface area (Å²) in [7, 11) is 0. The number of halogens is 3. The Hall–Kier alpha value is -2.89. The standard InChI is InChI=1S/C23H19Cl2FN2O2/c1-15-3-2-4-17(9-15)14-30-23-20(24)10-18(11-21(23)25)13-27-28-22(29)12-16-5-7-19(26)8-6-16/h2-11,13H,12,14H2,1H3,(H,28,29)/b27-13+. The van der Waals surface area contributed by atoms with Crippen molar-refractivity contribution in [2.75, 3.05) is 0 Å². The minimum absolute atomic E-state index is 0.0882. The Bertz CT molecular complexity index is 1050. The number of ether oxygens (including phenoxy) is 1. The Morgan fingerprint density at radius 2 is 1.77 bits per heavy atom. The van der Waals surface area contributed by atoms with Crippen LogP contribution in [0, 0.1) is 12.7 Å². The summed E-state index contributed by atoms with van der Waals surface area (Å²) in [5.41, 5.74) is 5.86. The van der Waals surface area contributed by atoms with Gasteiger partial charge in [0, 0.05) is 0 Å². The lowest BCUT2D eigenvalue weighted by Gasteiger charge is -2.11. The number of nitrogens with zero attached hydrogens (tertiary/aromatic N) is 1. The van der Waals surface area contributed by atoms with E-state index >= 15 is 0 Å². The summed E-state index contributed by atoms with van der Waals surface area (Å²) in [6.07, 6.45) is 1.52. The highest BCUT2D eigenvalue weighted by Crippen LogP contribution is 2.34. The predicted octanol–water partition coefficient (Wildman–Crippen LogP) is 5.71. The Morgan fingerprint density at radius 1 is 1.07 bits per heavy atom. The van der Waals surface area contributed by atoms with Gasteiger partial charge in [0.15, 0.2) is 5.75 Å². The molecule has 0 aromatic heterocycles. The lowest BCUT2D eigenvalue weighted by molar-refractivity contribution is -0.120. The van der Waals surface area contributed by atoms with E-state index in [1.807, 2.05) is 31.2 Å². The Balaban J connectivity index is 1.58. The Kier molecular flexibility index (Phi) is 7.44. The van der Waals surface area contributed by atoms with Crippen molar-refractivity contribution in [3.05, 3.63) is 98.8 Å². The van der Waals surface area contributed by atoms with Gasteiger partial charge in [-0.15, -0.1) is 0 Å². The zero-order chi connectivity index (χ0) is 21.5. The van der Waals surface area contributed by atoms with Crippen LogP contribution in [0.25, 0.3) is 0 Å². The number of hydrogen-bond donors (Lipinski definition) is 1. The molecule has 0 spiro atoms. The number of carbonyl (C=O) groups excluding carboxylic acids is 1.